The van der Waals surface area contributed by atoms with Gasteiger partial charge < -0.3 is 19.0 Å². The molecule has 3 aromatic rings. The lowest BCUT2D eigenvalue weighted by Crippen LogP contribution is -2.13. The topological polar surface area (TPSA) is 115 Å². The molecule has 0 aliphatic rings. The van der Waals surface area contributed by atoms with Crippen LogP contribution < -0.4 is 19.0 Å². The van der Waals surface area contributed by atoms with Gasteiger partial charge in [0.25, 0.3) is 5.91 Å². The van der Waals surface area contributed by atoms with E-state index in [4.69, 9.17) is 13.7 Å². The molecule has 0 fully saturated rings. The van der Waals surface area contributed by atoms with Gasteiger partial charge in [-0.15, -0.1) is 0 Å². The fraction of sp³-hybridized carbons (Fsp3) is 0.120. The van der Waals surface area contributed by atoms with Gasteiger partial charge in [-0.05, 0) is 102 Å². The Morgan fingerprint density at radius 3 is 2.34 bits per heavy atom. The number of anilines is 1. The van der Waals surface area contributed by atoms with Gasteiger partial charge in [-0.2, -0.15) is 13.7 Å². The summed E-state index contributed by atoms with van der Waals surface area (Å²) in [5, 5.41) is 12.2. The van der Waals surface area contributed by atoms with Gasteiger partial charge >= 0.3 is 10.1 Å². The van der Waals surface area contributed by atoms with Gasteiger partial charge in [0.05, 0.1) is 13.7 Å². The third kappa shape index (κ3) is 6.97. The van der Waals surface area contributed by atoms with E-state index < -0.39 is 16.0 Å². The lowest BCUT2D eigenvalue weighted by Gasteiger charge is -2.13. The van der Waals surface area contributed by atoms with E-state index in [2.05, 4.69) is 27.9 Å². The zero-order valence-electron chi connectivity index (χ0n) is 18.8. The van der Waals surface area contributed by atoms with Crippen LogP contribution >= 0.6 is 22.6 Å². The van der Waals surface area contributed by atoms with Crippen LogP contribution in [0, 0.1) is 14.9 Å². The van der Waals surface area contributed by atoms with Crippen LogP contribution in [0.15, 0.2) is 77.2 Å². The second kappa shape index (κ2) is 11.7. The number of carbonyl (C=O) groups is 1. The minimum absolute atomic E-state index is 0.0262. The number of ether oxygens (including phenoxy) is 2. The summed E-state index contributed by atoms with van der Waals surface area (Å²) in [4.78, 5) is 12.5. The first-order chi connectivity index (χ1) is 16.7. The van der Waals surface area contributed by atoms with Gasteiger partial charge in [0.1, 0.15) is 22.3 Å². The van der Waals surface area contributed by atoms with E-state index in [0.29, 0.717) is 17.0 Å². The zero-order valence-corrected chi connectivity index (χ0v) is 21.8. The van der Waals surface area contributed by atoms with Crippen molar-refractivity contribution < 1.29 is 26.9 Å². The van der Waals surface area contributed by atoms with Crippen LogP contribution in [-0.2, 0) is 14.9 Å². The number of rotatable bonds is 9. The summed E-state index contributed by atoms with van der Waals surface area (Å²) < 4.78 is 42.4. The third-order valence-electron chi connectivity index (χ3n) is 4.59. The molecule has 0 unspecified atom stereocenters. The molecule has 10 heteroatoms. The molecule has 0 atom stereocenters. The number of nitrogens with zero attached hydrogens (tertiary/aromatic N) is 1. The highest BCUT2D eigenvalue weighted by Crippen LogP contribution is 2.32. The first-order valence-electron chi connectivity index (χ1n) is 10.3. The molecule has 0 saturated carbocycles. The van der Waals surface area contributed by atoms with Crippen LogP contribution in [0.2, 0.25) is 0 Å². The van der Waals surface area contributed by atoms with Crippen molar-refractivity contribution in [2.75, 3.05) is 19.0 Å². The van der Waals surface area contributed by atoms with Gasteiger partial charge in [-0.3, -0.25) is 4.79 Å². The second-order valence-electron chi connectivity index (χ2n) is 6.98. The van der Waals surface area contributed by atoms with Gasteiger partial charge in [-0.25, -0.2) is 0 Å². The number of hydrogen-bond acceptors (Lipinski definition) is 7. The predicted molar refractivity (Wildman–Crippen MR) is 140 cm³/mol. The molecule has 0 radical (unpaired) electrons. The smallest absolute Gasteiger partial charge is 0.339 e. The molecule has 1 amide bonds. The van der Waals surface area contributed by atoms with Crippen molar-refractivity contribution in [1.29, 1.82) is 5.26 Å². The summed E-state index contributed by atoms with van der Waals surface area (Å²) in [5.74, 6) is 0.0545. The Morgan fingerprint density at radius 2 is 1.74 bits per heavy atom. The lowest BCUT2D eigenvalue weighted by atomic mass is 10.1. The number of amides is 1. The molecule has 0 bridgehead atoms. The van der Waals surface area contributed by atoms with E-state index in [-0.39, 0.29) is 28.6 Å². The molecule has 0 spiro atoms. The first-order valence-corrected chi connectivity index (χ1v) is 12.8. The summed E-state index contributed by atoms with van der Waals surface area (Å²) >= 11 is 2.15. The lowest BCUT2D eigenvalue weighted by molar-refractivity contribution is -0.112. The monoisotopic (exact) mass is 604 g/mol. The van der Waals surface area contributed by atoms with Crippen molar-refractivity contribution >= 4 is 50.4 Å². The maximum absolute atomic E-state index is 12.7. The Labute approximate surface area is 217 Å². The van der Waals surface area contributed by atoms with Crippen LogP contribution in [0.25, 0.3) is 6.08 Å². The van der Waals surface area contributed by atoms with Gasteiger partial charge in [0, 0.05) is 9.26 Å². The third-order valence-corrected chi connectivity index (χ3v) is 6.56. The molecule has 1 N–H and O–H groups in total. The number of methoxy groups -OCH3 is 1. The quantitative estimate of drug-likeness (QED) is 0.158. The molecule has 0 aromatic heterocycles. The minimum atomic E-state index is -4.14. The van der Waals surface area contributed by atoms with Gasteiger partial charge in [0.15, 0.2) is 11.5 Å². The Bertz CT molecular complexity index is 1380. The number of hydrogen-bond donors (Lipinski definition) is 1. The summed E-state index contributed by atoms with van der Waals surface area (Å²) in [7, 11) is -2.66. The predicted octanol–water partition coefficient (Wildman–Crippen LogP) is 5.01. The van der Waals surface area contributed by atoms with Crippen molar-refractivity contribution in [2.45, 2.75) is 11.8 Å². The molecular formula is C25H21IN2O6S. The number of halogens is 1. The number of benzene rings is 3. The van der Waals surface area contributed by atoms with E-state index >= 15 is 0 Å². The molecule has 35 heavy (non-hydrogen) atoms. The van der Waals surface area contributed by atoms with Gasteiger partial charge in [0.2, 0.25) is 0 Å². The minimum Gasteiger partial charge on any atom is -0.497 e. The summed E-state index contributed by atoms with van der Waals surface area (Å²) in [6.07, 6.45) is 1.38. The van der Waals surface area contributed by atoms with E-state index in [9.17, 15) is 18.5 Å². The van der Waals surface area contributed by atoms with Crippen LogP contribution in [-0.4, -0.2) is 28.0 Å². The summed E-state index contributed by atoms with van der Waals surface area (Å²) in [6.45, 7) is 1.98. The largest absolute Gasteiger partial charge is 0.497 e. The summed E-state index contributed by atoms with van der Waals surface area (Å²) in [6, 6.07) is 19.2. The number of nitrogens with one attached hydrogen (secondary N) is 1. The zero-order chi connectivity index (χ0) is 25.4. The highest BCUT2D eigenvalue weighted by atomic mass is 127. The van der Waals surface area contributed by atoms with E-state index in [1.165, 1.54) is 55.7 Å². The van der Waals surface area contributed by atoms with E-state index in [1.807, 2.05) is 18.2 Å². The maximum Gasteiger partial charge on any atom is 0.339 e. The standard InChI is InChI=1S/C25H21IN2O6S/c1-3-33-24-15-17(14-18(16-27)25(29)28-20-7-5-19(26)6-8-20)4-13-23(24)34-35(30,31)22-11-9-21(32-2)10-12-22/h4-15H,3H2,1-2H3,(H,28,29)/b18-14+. The fourth-order valence-electron chi connectivity index (χ4n) is 2.91. The Morgan fingerprint density at radius 1 is 1.06 bits per heavy atom. The second-order valence-corrected chi connectivity index (χ2v) is 9.77. The average Bonchev–Trinajstić information content (AvgIpc) is 2.85. The normalized spacial score (nSPS) is 11.3. The number of carbonyl (C=O) groups excluding carboxylic acids is 1. The molecule has 0 saturated heterocycles. The fourth-order valence-corrected chi connectivity index (χ4v) is 4.21. The molecule has 3 aromatic carbocycles. The van der Waals surface area contributed by atoms with Crippen LogP contribution in [0.1, 0.15) is 12.5 Å². The van der Waals surface area contributed by atoms with Crippen molar-refractivity contribution in [1.82, 2.24) is 0 Å². The molecule has 3 rings (SSSR count). The highest BCUT2D eigenvalue weighted by Gasteiger charge is 2.20. The summed E-state index contributed by atoms with van der Waals surface area (Å²) in [5.41, 5.74) is 0.876. The van der Waals surface area contributed by atoms with Crippen LogP contribution in [0.4, 0.5) is 5.69 Å². The number of nitriles is 1. The van der Waals surface area contributed by atoms with Crippen molar-refractivity contribution in [2.24, 2.45) is 0 Å². The molecule has 8 nitrogen and oxygen atoms in total. The Balaban J connectivity index is 1.85. The van der Waals surface area contributed by atoms with E-state index in [1.54, 1.807) is 19.1 Å². The molecule has 180 valence electrons. The van der Waals surface area contributed by atoms with Gasteiger partial charge in [-0.1, -0.05) is 6.07 Å². The van der Waals surface area contributed by atoms with Crippen molar-refractivity contribution in [3.8, 4) is 23.3 Å². The maximum atomic E-state index is 12.7. The molecule has 0 aliphatic carbocycles. The Kier molecular flexibility index (Phi) is 8.73. The van der Waals surface area contributed by atoms with E-state index in [0.717, 1.165) is 3.57 Å². The SMILES string of the molecule is CCOc1cc(/C=C(\C#N)C(=O)Nc2ccc(I)cc2)ccc1OS(=O)(=O)c1ccc(OC)cc1. The first kappa shape index (κ1) is 26.1. The highest BCUT2D eigenvalue weighted by molar-refractivity contribution is 14.1. The molecule has 0 heterocycles. The Hall–Kier alpha value is -3.56. The van der Waals surface area contributed by atoms with Crippen LogP contribution in [0.3, 0.4) is 0 Å². The van der Waals surface area contributed by atoms with Crippen molar-refractivity contribution in [3.05, 3.63) is 81.4 Å². The average molecular weight is 604 g/mol. The molecule has 0 aliphatic heterocycles. The molecular weight excluding hydrogens is 583 g/mol. The van der Waals surface area contributed by atoms with Crippen molar-refractivity contribution in [3.63, 3.8) is 0 Å². The van der Waals surface area contributed by atoms with Crippen LogP contribution in [0.5, 0.6) is 17.2 Å².